The zero-order valence-electron chi connectivity index (χ0n) is 7.01. The van der Waals surface area contributed by atoms with Crippen molar-refractivity contribution in [2.75, 3.05) is 25.5 Å². The second kappa shape index (κ2) is 4.85. The molecule has 0 saturated carbocycles. The first-order valence-electron chi connectivity index (χ1n) is 4.18. The SMILES string of the molecule is CCNCS(=O)N1CCCC1. The Morgan fingerprint density at radius 1 is 1.45 bits per heavy atom. The molecule has 1 atom stereocenters. The average Bonchev–Trinajstić information content (AvgIpc) is 2.52. The lowest BCUT2D eigenvalue weighted by Gasteiger charge is -2.13. The topological polar surface area (TPSA) is 32.3 Å². The molecule has 0 aliphatic carbocycles. The molecule has 3 nitrogen and oxygen atoms in total. The Morgan fingerprint density at radius 2 is 2.09 bits per heavy atom. The Morgan fingerprint density at radius 3 is 2.64 bits per heavy atom. The van der Waals surface area contributed by atoms with E-state index in [0.717, 1.165) is 19.6 Å². The Hall–Kier alpha value is 0.0700. The number of rotatable bonds is 4. The molecule has 1 saturated heterocycles. The summed E-state index contributed by atoms with van der Waals surface area (Å²) in [6.07, 6.45) is 2.41. The second-order valence-corrected chi connectivity index (χ2v) is 4.15. The van der Waals surface area contributed by atoms with Crippen LogP contribution in [0.5, 0.6) is 0 Å². The van der Waals surface area contributed by atoms with Crippen molar-refractivity contribution in [2.24, 2.45) is 0 Å². The summed E-state index contributed by atoms with van der Waals surface area (Å²) in [7, 11) is -0.773. The van der Waals surface area contributed by atoms with Crippen LogP contribution in [0, 0.1) is 0 Å². The van der Waals surface area contributed by atoms with Gasteiger partial charge in [0.25, 0.3) is 0 Å². The Labute approximate surface area is 70.7 Å². The highest BCUT2D eigenvalue weighted by Gasteiger charge is 2.16. The van der Waals surface area contributed by atoms with Crippen molar-refractivity contribution in [2.45, 2.75) is 19.8 Å². The fourth-order valence-electron chi connectivity index (χ4n) is 1.17. The maximum atomic E-state index is 11.4. The van der Waals surface area contributed by atoms with Crippen LogP contribution in [0.4, 0.5) is 0 Å². The maximum absolute atomic E-state index is 11.4. The van der Waals surface area contributed by atoms with Gasteiger partial charge in [0, 0.05) is 13.1 Å². The third-order valence-electron chi connectivity index (χ3n) is 1.83. The molecule has 1 heterocycles. The summed E-state index contributed by atoms with van der Waals surface area (Å²) in [6.45, 7) is 4.96. The molecule has 1 fully saturated rings. The van der Waals surface area contributed by atoms with Gasteiger partial charge < -0.3 is 5.32 Å². The molecule has 1 N–H and O–H groups in total. The van der Waals surface area contributed by atoms with Gasteiger partial charge in [-0.25, -0.2) is 8.51 Å². The summed E-state index contributed by atoms with van der Waals surface area (Å²) in [4.78, 5) is 0. The van der Waals surface area contributed by atoms with Crippen molar-refractivity contribution in [3.05, 3.63) is 0 Å². The summed E-state index contributed by atoms with van der Waals surface area (Å²) in [6, 6.07) is 0. The van der Waals surface area contributed by atoms with Crippen molar-refractivity contribution in [1.82, 2.24) is 9.62 Å². The molecule has 1 unspecified atom stereocenters. The van der Waals surface area contributed by atoms with Crippen LogP contribution >= 0.6 is 0 Å². The van der Waals surface area contributed by atoms with Gasteiger partial charge in [0.1, 0.15) is 11.0 Å². The van der Waals surface area contributed by atoms with Gasteiger partial charge in [0.15, 0.2) is 0 Å². The molecule has 0 radical (unpaired) electrons. The minimum absolute atomic E-state index is 0.622. The fourth-order valence-corrected chi connectivity index (χ4v) is 2.40. The number of nitrogens with zero attached hydrogens (tertiary/aromatic N) is 1. The molecule has 0 aromatic carbocycles. The maximum Gasteiger partial charge on any atom is 0.109 e. The largest absolute Gasteiger partial charge is 0.305 e. The summed E-state index contributed by atoms with van der Waals surface area (Å²) >= 11 is 0. The molecule has 1 aliphatic rings. The first kappa shape index (κ1) is 9.16. The van der Waals surface area contributed by atoms with Crippen LogP contribution in [-0.2, 0) is 11.0 Å². The van der Waals surface area contributed by atoms with Crippen LogP contribution in [0.1, 0.15) is 19.8 Å². The smallest absolute Gasteiger partial charge is 0.109 e. The molecule has 1 rings (SSSR count). The molecular formula is C7H16N2OS. The Balaban J connectivity index is 2.17. The van der Waals surface area contributed by atoms with Gasteiger partial charge in [-0.1, -0.05) is 6.92 Å². The molecule has 66 valence electrons. The first-order chi connectivity index (χ1) is 5.34. The van der Waals surface area contributed by atoms with Crippen LogP contribution < -0.4 is 5.32 Å². The third-order valence-corrected chi connectivity index (χ3v) is 3.22. The molecule has 0 bridgehead atoms. The van der Waals surface area contributed by atoms with Gasteiger partial charge in [0.05, 0.1) is 5.88 Å². The molecule has 0 spiro atoms. The molecule has 0 aromatic heterocycles. The standard InChI is InChI=1S/C7H16N2OS/c1-2-8-7-11(10)9-5-3-4-6-9/h8H,2-7H2,1H3. The Kier molecular flexibility index (Phi) is 4.04. The zero-order chi connectivity index (χ0) is 8.10. The highest BCUT2D eigenvalue weighted by atomic mass is 32.2. The van der Waals surface area contributed by atoms with Crippen LogP contribution in [-0.4, -0.2) is 34.0 Å². The summed E-state index contributed by atoms with van der Waals surface area (Å²) in [5.41, 5.74) is 0. The van der Waals surface area contributed by atoms with Crippen LogP contribution in [0.3, 0.4) is 0 Å². The van der Waals surface area contributed by atoms with Crippen molar-refractivity contribution in [1.29, 1.82) is 0 Å². The van der Waals surface area contributed by atoms with E-state index in [-0.39, 0.29) is 0 Å². The van der Waals surface area contributed by atoms with Crippen molar-refractivity contribution in [3.63, 3.8) is 0 Å². The molecule has 1 aliphatic heterocycles. The molecule has 0 aromatic rings. The summed E-state index contributed by atoms with van der Waals surface area (Å²) in [5.74, 6) is 0.622. The van der Waals surface area contributed by atoms with Crippen LogP contribution in [0.25, 0.3) is 0 Å². The lowest BCUT2D eigenvalue weighted by atomic mass is 10.4. The summed E-state index contributed by atoms with van der Waals surface area (Å²) in [5, 5.41) is 3.08. The second-order valence-electron chi connectivity index (χ2n) is 2.71. The van der Waals surface area contributed by atoms with Gasteiger partial charge >= 0.3 is 0 Å². The highest BCUT2D eigenvalue weighted by molar-refractivity contribution is 7.82. The normalized spacial score (nSPS) is 22.3. The lowest BCUT2D eigenvalue weighted by Crippen LogP contribution is -2.30. The van der Waals surface area contributed by atoms with E-state index < -0.39 is 11.0 Å². The van der Waals surface area contributed by atoms with E-state index in [1.165, 1.54) is 12.8 Å². The molecule has 0 amide bonds. The van der Waals surface area contributed by atoms with E-state index in [2.05, 4.69) is 5.32 Å². The van der Waals surface area contributed by atoms with E-state index >= 15 is 0 Å². The van der Waals surface area contributed by atoms with Gasteiger partial charge in [0.2, 0.25) is 0 Å². The van der Waals surface area contributed by atoms with E-state index in [1.807, 2.05) is 11.2 Å². The zero-order valence-corrected chi connectivity index (χ0v) is 7.82. The predicted molar refractivity (Wildman–Crippen MR) is 47.5 cm³/mol. The van der Waals surface area contributed by atoms with Crippen molar-refractivity contribution in [3.8, 4) is 0 Å². The van der Waals surface area contributed by atoms with Gasteiger partial charge in [-0.05, 0) is 19.4 Å². The van der Waals surface area contributed by atoms with Gasteiger partial charge in [-0.15, -0.1) is 0 Å². The molecule has 4 heteroatoms. The minimum atomic E-state index is -0.773. The van der Waals surface area contributed by atoms with Crippen molar-refractivity contribution >= 4 is 11.0 Å². The first-order valence-corrected chi connectivity index (χ1v) is 5.46. The van der Waals surface area contributed by atoms with E-state index in [9.17, 15) is 4.21 Å². The number of hydrogen-bond acceptors (Lipinski definition) is 2. The quantitative estimate of drug-likeness (QED) is 0.669. The highest BCUT2D eigenvalue weighted by Crippen LogP contribution is 2.08. The van der Waals surface area contributed by atoms with Crippen LogP contribution in [0.15, 0.2) is 0 Å². The fraction of sp³-hybridized carbons (Fsp3) is 1.00. The average molecular weight is 176 g/mol. The van der Waals surface area contributed by atoms with Gasteiger partial charge in [-0.2, -0.15) is 0 Å². The molecular weight excluding hydrogens is 160 g/mol. The summed E-state index contributed by atoms with van der Waals surface area (Å²) < 4.78 is 13.4. The van der Waals surface area contributed by atoms with E-state index in [0.29, 0.717) is 5.88 Å². The van der Waals surface area contributed by atoms with Crippen molar-refractivity contribution < 1.29 is 4.21 Å². The van der Waals surface area contributed by atoms with Gasteiger partial charge in [-0.3, -0.25) is 0 Å². The number of nitrogens with one attached hydrogen (secondary N) is 1. The monoisotopic (exact) mass is 176 g/mol. The Bertz CT molecular complexity index is 134. The lowest BCUT2D eigenvalue weighted by molar-refractivity contribution is 0.531. The molecule has 11 heavy (non-hydrogen) atoms. The van der Waals surface area contributed by atoms with Crippen LogP contribution in [0.2, 0.25) is 0 Å². The van der Waals surface area contributed by atoms with E-state index in [4.69, 9.17) is 0 Å². The minimum Gasteiger partial charge on any atom is -0.305 e. The third kappa shape index (κ3) is 2.89. The predicted octanol–water partition coefficient (Wildman–Crippen LogP) is 0.313. The number of hydrogen-bond donors (Lipinski definition) is 1. The van der Waals surface area contributed by atoms with E-state index in [1.54, 1.807) is 0 Å².